The minimum Gasteiger partial charge on any atom is -0.341 e. The summed E-state index contributed by atoms with van der Waals surface area (Å²) in [6, 6.07) is 12.5. The van der Waals surface area contributed by atoms with Crippen molar-refractivity contribution in [2.24, 2.45) is 5.92 Å². The van der Waals surface area contributed by atoms with Crippen LogP contribution in [0.5, 0.6) is 0 Å². The molecule has 4 rings (SSSR count). The second-order valence-electron chi connectivity index (χ2n) is 9.49. The van der Waals surface area contributed by atoms with E-state index in [1.807, 2.05) is 13.8 Å². The number of carbonyl (C=O) groups is 2. The third-order valence-electron chi connectivity index (χ3n) is 6.75. The first-order chi connectivity index (χ1) is 16.1. The van der Waals surface area contributed by atoms with Crippen molar-refractivity contribution in [3.63, 3.8) is 0 Å². The highest BCUT2D eigenvalue weighted by atomic mass is 19.3. The number of nitrogens with one attached hydrogen (secondary N) is 1. The predicted octanol–water partition coefficient (Wildman–Crippen LogP) is 4.79. The molecule has 2 saturated heterocycles. The monoisotopic (exact) mass is 473 g/mol. The number of hydrogen-bond donors (Lipinski definition) is 1. The minimum atomic E-state index is -2.86. The maximum Gasteiger partial charge on any atom is 0.262 e. The summed E-state index contributed by atoms with van der Waals surface area (Å²) in [6.07, 6.45) is 0.480. The van der Waals surface area contributed by atoms with Crippen molar-refractivity contribution in [1.29, 1.82) is 0 Å². The van der Waals surface area contributed by atoms with Gasteiger partial charge < -0.3 is 10.2 Å². The van der Waals surface area contributed by atoms with Crippen LogP contribution in [-0.2, 0) is 9.59 Å². The molecule has 5 nitrogen and oxygen atoms in total. The molecule has 2 heterocycles. The van der Waals surface area contributed by atoms with Crippen LogP contribution in [0.25, 0.3) is 11.1 Å². The maximum atomic E-state index is 14.1. The summed E-state index contributed by atoms with van der Waals surface area (Å²) in [7, 11) is 0. The molecule has 2 fully saturated rings. The van der Waals surface area contributed by atoms with Crippen LogP contribution < -0.4 is 5.32 Å². The van der Waals surface area contributed by atoms with Crippen LogP contribution in [0.2, 0.25) is 0 Å². The molecular formula is C26H30F3N3O2. The Morgan fingerprint density at radius 2 is 1.76 bits per heavy atom. The SMILES string of the molecule is CC(C)N1CC(F)(F)CC1C(=O)N1CCC(C(=O)Nc2cccc(-c3ccccc3F)c2)CC1. The van der Waals surface area contributed by atoms with Crippen LogP contribution in [0.4, 0.5) is 18.9 Å². The summed E-state index contributed by atoms with van der Waals surface area (Å²) >= 11 is 0. The number of rotatable bonds is 5. The van der Waals surface area contributed by atoms with Gasteiger partial charge in [0.05, 0.1) is 12.6 Å². The smallest absolute Gasteiger partial charge is 0.262 e. The number of nitrogens with zero attached hydrogens (tertiary/aromatic N) is 2. The van der Waals surface area contributed by atoms with Crippen molar-refractivity contribution in [3.05, 3.63) is 54.3 Å². The number of amides is 2. The number of alkyl halides is 2. The van der Waals surface area contributed by atoms with Gasteiger partial charge in [-0.2, -0.15) is 0 Å². The van der Waals surface area contributed by atoms with Crippen molar-refractivity contribution >= 4 is 17.5 Å². The second-order valence-corrected chi connectivity index (χ2v) is 9.49. The standard InChI is InChI=1S/C26H30F3N3O2/c1-17(2)32-16-26(28,29)15-23(32)25(34)31-12-10-18(11-13-31)24(33)30-20-7-5-6-19(14-20)21-8-3-4-9-22(21)27/h3-9,14,17-18,23H,10-13,15-16H2,1-2H3,(H,30,33). The van der Waals surface area contributed by atoms with Crippen LogP contribution in [-0.4, -0.2) is 59.3 Å². The van der Waals surface area contributed by atoms with Crippen molar-refractivity contribution in [2.45, 2.75) is 51.1 Å². The molecule has 182 valence electrons. The van der Waals surface area contributed by atoms with Gasteiger partial charge in [0, 0.05) is 42.7 Å². The Morgan fingerprint density at radius 1 is 1.06 bits per heavy atom. The fraction of sp³-hybridized carbons (Fsp3) is 0.462. The van der Waals surface area contributed by atoms with Crippen LogP contribution in [0, 0.1) is 11.7 Å². The molecule has 1 unspecified atom stereocenters. The number of halogens is 3. The van der Waals surface area contributed by atoms with E-state index in [2.05, 4.69) is 5.32 Å². The molecule has 1 N–H and O–H groups in total. The molecule has 0 spiro atoms. The van der Waals surface area contributed by atoms with E-state index in [1.54, 1.807) is 52.3 Å². The summed E-state index contributed by atoms with van der Waals surface area (Å²) in [5, 5.41) is 2.90. The molecule has 1 atom stereocenters. The Morgan fingerprint density at radius 3 is 2.44 bits per heavy atom. The second kappa shape index (κ2) is 9.78. The largest absolute Gasteiger partial charge is 0.341 e. The van der Waals surface area contributed by atoms with E-state index in [4.69, 9.17) is 0 Å². The summed E-state index contributed by atoms with van der Waals surface area (Å²) in [5.41, 5.74) is 1.70. The van der Waals surface area contributed by atoms with E-state index < -0.39 is 24.9 Å². The molecule has 0 bridgehead atoms. The quantitative estimate of drug-likeness (QED) is 0.680. The van der Waals surface area contributed by atoms with E-state index in [0.29, 0.717) is 42.7 Å². The molecule has 2 aromatic carbocycles. The summed E-state index contributed by atoms with van der Waals surface area (Å²) in [6.45, 7) is 3.96. The van der Waals surface area contributed by atoms with Gasteiger partial charge in [0.25, 0.3) is 5.92 Å². The highest BCUT2D eigenvalue weighted by molar-refractivity contribution is 5.93. The number of piperidine rings is 1. The van der Waals surface area contributed by atoms with Gasteiger partial charge in [0.1, 0.15) is 5.82 Å². The lowest BCUT2D eigenvalue weighted by Gasteiger charge is -2.35. The average molecular weight is 474 g/mol. The Bertz CT molecular complexity index is 1050. The van der Waals surface area contributed by atoms with E-state index in [9.17, 15) is 22.8 Å². The lowest BCUT2D eigenvalue weighted by molar-refractivity contribution is -0.139. The Balaban J connectivity index is 1.35. The molecule has 0 aliphatic carbocycles. The number of hydrogen-bond acceptors (Lipinski definition) is 3. The molecule has 8 heteroatoms. The number of likely N-dealkylation sites (tertiary alicyclic amines) is 2. The van der Waals surface area contributed by atoms with Crippen LogP contribution in [0.3, 0.4) is 0 Å². The molecule has 0 radical (unpaired) electrons. The zero-order valence-corrected chi connectivity index (χ0v) is 19.4. The summed E-state index contributed by atoms with van der Waals surface area (Å²) < 4.78 is 42.1. The average Bonchev–Trinajstić information content (AvgIpc) is 3.15. The van der Waals surface area contributed by atoms with Crippen molar-refractivity contribution in [1.82, 2.24) is 9.80 Å². The Hall–Kier alpha value is -2.87. The number of anilines is 1. The van der Waals surface area contributed by atoms with Gasteiger partial charge in [0.15, 0.2) is 0 Å². The molecule has 0 aromatic heterocycles. The minimum absolute atomic E-state index is 0.147. The zero-order chi connectivity index (χ0) is 24.5. The molecule has 34 heavy (non-hydrogen) atoms. The van der Waals surface area contributed by atoms with Gasteiger partial charge in [0.2, 0.25) is 11.8 Å². The number of carbonyl (C=O) groups excluding carboxylic acids is 2. The van der Waals surface area contributed by atoms with Gasteiger partial charge in [-0.15, -0.1) is 0 Å². The van der Waals surface area contributed by atoms with Crippen LogP contribution in [0.1, 0.15) is 33.1 Å². The fourth-order valence-corrected chi connectivity index (χ4v) is 4.89. The molecule has 2 aromatic rings. The molecule has 0 saturated carbocycles. The highest BCUT2D eigenvalue weighted by Gasteiger charge is 2.50. The van der Waals surface area contributed by atoms with Gasteiger partial charge in [-0.25, -0.2) is 13.2 Å². The first-order valence-electron chi connectivity index (χ1n) is 11.7. The lowest BCUT2D eigenvalue weighted by atomic mass is 9.95. The first-order valence-corrected chi connectivity index (χ1v) is 11.7. The summed E-state index contributed by atoms with van der Waals surface area (Å²) in [5.74, 6) is -3.91. The van der Waals surface area contributed by atoms with E-state index in [1.165, 1.54) is 6.07 Å². The molecule has 2 aliphatic heterocycles. The maximum absolute atomic E-state index is 14.1. The normalized spacial score (nSPS) is 21.1. The van der Waals surface area contributed by atoms with Gasteiger partial charge >= 0.3 is 0 Å². The van der Waals surface area contributed by atoms with Crippen LogP contribution >= 0.6 is 0 Å². The van der Waals surface area contributed by atoms with Crippen molar-refractivity contribution in [3.8, 4) is 11.1 Å². The third-order valence-corrected chi connectivity index (χ3v) is 6.75. The van der Waals surface area contributed by atoms with E-state index in [0.717, 1.165) is 0 Å². The Kier molecular flexibility index (Phi) is 6.98. The summed E-state index contributed by atoms with van der Waals surface area (Å²) in [4.78, 5) is 29.0. The molecule has 2 amide bonds. The highest BCUT2D eigenvalue weighted by Crippen LogP contribution is 2.35. The number of benzene rings is 2. The van der Waals surface area contributed by atoms with Gasteiger partial charge in [-0.05, 0) is 50.5 Å². The van der Waals surface area contributed by atoms with Crippen molar-refractivity contribution in [2.75, 3.05) is 25.0 Å². The van der Waals surface area contributed by atoms with Gasteiger partial charge in [-0.1, -0.05) is 30.3 Å². The third kappa shape index (κ3) is 5.27. The lowest BCUT2D eigenvalue weighted by Crippen LogP contribution is -2.50. The zero-order valence-electron chi connectivity index (χ0n) is 19.4. The Labute approximate surface area is 197 Å². The fourth-order valence-electron chi connectivity index (χ4n) is 4.89. The predicted molar refractivity (Wildman–Crippen MR) is 125 cm³/mol. The molecular weight excluding hydrogens is 443 g/mol. The van der Waals surface area contributed by atoms with E-state index >= 15 is 0 Å². The van der Waals surface area contributed by atoms with Crippen molar-refractivity contribution < 1.29 is 22.8 Å². The van der Waals surface area contributed by atoms with E-state index in [-0.39, 0.29) is 29.6 Å². The van der Waals surface area contributed by atoms with Crippen LogP contribution in [0.15, 0.2) is 48.5 Å². The first kappa shape index (κ1) is 24.3. The van der Waals surface area contributed by atoms with Gasteiger partial charge in [-0.3, -0.25) is 14.5 Å². The topological polar surface area (TPSA) is 52.7 Å². The molecule has 2 aliphatic rings.